The summed E-state index contributed by atoms with van der Waals surface area (Å²) in [6, 6.07) is 6.57. The van der Waals surface area contributed by atoms with Gasteiger partial charge in [-0.1, -0.05) is 23.9 Å². The van der Waals surface area contributed by atoms with Crippen LogP contribution in [0.5, 0.6) is 0 Å². The summed E-state index contributed by atoms with van der Waals surface area (Å²) >= 11 is 1.70. The third-order valence-corrected chi connectivity index (χ3v) is 5.50. The van der Waals surface area contributed by atoms with Crippen LogP contribution in [0.25, 0.3) is 11.4 Å². The topological polar surface area (TPSA) is 37.2 Å². The molecule has 0 unspecified atom stereocenters. The Morgan fingerprint density at radius 1 is 1.09 bits per heavy atom. The maximum atomic E-state index is 13.5. The average Bonchev–Trinajstić information content (AvgIpc) is 3.22. The van der Waals surface area contributed by atoms with E-state index in [9.17, 15) is 4.39 Å². The van der Waals surface area contributed by atoms with Crippen LogP contribution in [-0.4, -0.2) is 56.6 Å². The van der Waals surface area contributed by atoms with Crippen LogP contribution in [0.3, 0.4) is 0 Å². The number of thioether (sulfide) groups is 1. The van der Waals surface area contributed by atoms with Crippen molar-refractivity contribution < 1.29 is 4.39 Å². The van der Waals surface area contributed by atoms with Gasteiger partial charge in [0.15, 0.2) is 11.0 Å². The maximum Gasteiger partial charge on any atom is 0.193 e. The Kier molecular flexibility index (Phi) is 4.33. The van der Waals surface area contributed by atoms with Crippen LogP contribution < -0.4 is 0 Å². The Labute approximate surface area is 139 Å². The van der Waals surface area contributed by atoms with Gasteiger partial charge in [0.05, 0.1) is 12.5 Å². The number of rotatable bonds is 4. The first-order valence-corrected chi connectivity index (χ1v) is 9.05. The lowest BCUT2D eigenvalue weighted by molar-refractivity contribution is 0.203. The molecular formula is C16H20FN5S. The molecule has 23 heavy (non-hydrogen) atoms. The summed E-state index contributed by atoms with van der Waals surface area (Å²) in [6.07, 6.45) is 2.65. The molecule has 2 aliphatic rings. The summed E-state index contributed by atoms with van der Waals surface area (Å²) in [4.78, 5) is 4.93. The van der Waals surface area contributed by atoms with Gasteiger partial charge < -0.3 is 4.90 Å². The lowest BCUT2D eigenvalue weighted by Crippen LogP contribution is -2.37. The fourth-order valence-corrected chi connectivity index (χ4v) is 4.09. The Bertz CT molecular complexity index is 683. The molecule has 0 aliphatic carbocycles. The molecule has 4 rings (SSSR count). The van der Waals surface area contributed by atoms with E-state index in [1.54, 1.807) is 17.8 Å². The van der Waals surface area contributed by atoms with Crippen LogP contribution in [0.1, 0.15) is 12.8 Å². The Morgan fingerprint density at radius 2 is 1.91 bits per heavy atom. The average molecular weight is 333 g/mol. The third-order valence-electron chi connectivity index (χ3n) is 4.45. The molecule has 0 atom stereocenters. The van der Waals surface area contributed by atoms with Crippen molar-refractivity contribution in [1.29, 1.82) is 0 Å². The summed E-state index contributed by atoms with van der Waals surface area (Å²) in [5, 5.41) is 9.44. The summed E-state index contributed by atoms with van der Waals surface area (Å²) in [5.74, 6) is 1.45. The van der Waals surface area contributed by atoms with E-state index in [-0.39, 0.29) is 5.82 Å². The van der Waals surface area contributed by atoms with Crippen molar-refractivity contribution in [2.24, 2.45) is 0 Å². The van der Waals surface area contributed by atoms with Gasteiger partial charge in [-0.25, -0.2) is 4.39 Å². The standard InChI is InChI=1S/C16H20FN5S/c17-14-5-3-4-13(10-14)15-18-19-16-22(15)11-21(12-23-16)9-8-20-6-1-2-7-20/h3-5,10H,1-2,6-9,11-12H2. The predicted molar refractivity (Wildman–Crippen MR) is 88.5 cm³/mol. The molecule has 0 saturated carbocycles. The van der Waals surface area contributed by atoms with Gasteiger partial charge in [-0.05, 0) is 38.1 Å². The maximum absolute atomic E-state index is 13.5. The lowest BCUT2D eigenvalue weighted by atomic mass is 10.2. The van der Waals surface area contributed by atoms with Gasteiger partial charge in [-0.15, -0.1) is 10.2 Å². The van der Waals surface area contributed by atoms with Crippen molar-refractivity contribution in [3.63, 3.8) is 0 Å². The first-order chi connectivity index (χ1) is 11.3. The van der Waals surface area contributed by atoms with Gasteiger partial charge in [0.2, 0.25) is 0 Å². The van der Waals surface area contributed by atoms with Crippen molar-refractivity contribution in [3.05, 3.63) is 30.1 Å². The van der Waals surface area contributed by atoms with Crippen LogP contribution in [0, 0.1) is 5.82 Å². The van der Waals surface area contributed by atoms with E-state index in [1.807, 2.05) is 6.07 Å². The Hall–Kier alpha value is -1.44. The Morgan fingerprint density at radius 3 is 2.74 bits per heavy atom. The summed E-state index contributed by atoms with van der Waals surface area (Å²) in [7, 11) is 0. The first-order valence-electron chi connectivity index (χ1n) is 8.06. The second-order valence-corrected chi connectivity index (χ2v) is 7.01. The monoisotopic (exact) mass is 333 g/mol. The molecule has 122 valence electrons. The minimum atomic E-state index is -0.241. The van der Waals surface area contributed by atoms with Gasteiger partial charge in [0.25, 0.3) is 0 Å². The predicted octanol–water partition coefficient (Wildman–Crippen LogP) is 2.50. The molecule has 5 nitrogen and oxygen atoms in total. The molecule has 1 saturated heterocycles. The smallest absolute Gasteiger partial charge is 0.193 e. The number of aromatic nitrogens is 3. The quantitative estimate of drug-likeness (QED) is 0.859. The number of fused-ring (bicyclic) bond motifs is 1. The number of likely N-dealkylation sites (tertiary alicyclic amines) is 1. The second-order valence-electron chi connectivity index (χ2n) is 6.10. The van der Waals surface area contributed by atoms with Crippen LogP contribution in [-0.2, 0) is 6.67 Å². The zero-order valence-corrected chi connectivity index (χ0v) is 13.8. The number of hydrogen-bond acceptors (Lipinski definition) is 5. The normalized spacial score (nSPS) is 19.2. The van der Waals surface area contributed by atoms with Crippen molar-refractivity contribution in [1.82, 2.24) is 24.6 Å². The highest BCUT2D eigenvalue weighted by molar-refractivity contribution is 7.99. The zero-order valence-electron chi connectivity index (χ0n) is 13.0. The molecule has 0 N–H and O–H groups in total. The largest absolute Gasteiger partial charge is 0.302 e. The molecule has 2 aromatic rings. The lowest BCUT2D eigenvalue weighted by Gasteiger charge is -2.29. The van der Waals surface area contributed by atoms with Gasteiger partial charge in [0, 0.05) is 18.7 Å². The van der Waals surface area contributed by atoms with Gasteiger partial charge in [-0.3, -0.25) is 9.47 Å². The van der Waals surface area contributed by atoms with E-state index in [2.05, 4.69) is 24.6 Å². The highest BCUT2D eigenvalue weighted by Crippen LogP contribution is 2.29. The third kappa shape index (κ3) is 3.27. The number of hydrogen-bond donors (Lipinski definition) is 0. The second kappa shape index (κ2) is 6.59. The molecule has 0 radical (unpaired) electrons. The highest BCUT2D eigenvalue weighted by Gasteiger charge is 2.23. The van der Waals surface area contributed by atoms with Crippen LogP contribution >= 0.6 is 11.8 Å². The molecule has 0 amide bonds. The molecule has 3 heterocycles. The van der Waals surface area contributed by atoms with E-state index < -0.39 is 0 Å². The molecule has 0 spiro atoms. The van der Waals surface area contributed by atoms with Gasteiger partial charge >= 0.3 is 0 Å². The van der Waals surface area contributed by atoms with Crippen LogP contribution in [0.2, 0.25) is 0 Å². The summed E-state index contributed by atoms with van der Waals surface area (Å²) < 4.78 is 15.6. The summed E-state index contributed by atoms with van der Waals surface area (Å²) in [6.45, 7) is 5.40. The molecule has 1 aromatic heterocycles. The van der Waals surface area contributed by atoms with Crippen LogP contribution in [0.4, 0.5) is 4.39 Å². The number of nitrogens with zero attached hydrogens (tertiary/aromatic N) is 5. The summed E-state index contributed by atoms with van der Waals surface area (Å²) in [5.41, 5.74) is 0.783. The van der Waals surface area contributed by atoms with Crippen LogP contribution in [0.15, 0.2) is 29.4 Å². The van der Waals surface area contributed by atoms with Crippen molar-refractivity contribution >= 4 is 11.8 Å². The molecule has 0 bridgehead atoms. The highest BCUT2D eigenvalue weighted by atomic mass is 32.2. The van der Waals surface area contributed by atoms with Crippen molar-refractivity contribution in [2.45, 2.75) is 24.7 Å². The number of benzene rings is 1. The minimum Gasteiger partial charge on any atom is -0.302 e. The van der Waals surface area contributed by atoms with E-state index in [4.69, 9.17) is 0 Å². The SMILES string of the molecule is Fc1cccc(-c2nnc3n2CN(CCN2CCCC2)CS3)c1. The molecular weight excluding hydrogens is 313 g/mol. The minimum absolute atomic E-state index is 0.241. The van der Waals surface area contributed by atoms with Gasteiger partial charge in [-0.2, -0.15) is 0 Å². The molecule has 2 aliphatic heterocycles. The van der Waals surface area contributed by atoms with E-state index >= 15 is 0 Å². The first kappa shape index (κ1) is 15.1. The molecule has 7 heteroatoms. The van der Waals surface area contributed by atoms with E-state index in [1.165, 1.54) is 38.1 Å². The van der Waals surface area contributed by atoms with E-state index in [0.29, 0.717) is 0 Å². The molecule has 1 aromatic carbocycles. The van der Waals surface area contributed by atoms with Gasteiger partial charge in [0.1, 0.15) is 5.82 Å². The van der Waals surface area contributed by atoms with Crippen molar-refractivity contribution in [2.75, 3.05) is 32.1 Å². The zero-order chi connectivity index (χ0) is 15.6. The fourth-order valence-electron chi connectivity index (χ4n) is 3.18. The fraction of sp³-hybridized carbons (Fsp3) is 0.500. The number of halogens is 1. The Balaban J connectivity index is 1.48. The van der Waals surface area contributed by atoms with E-state index in [0.717, 1.165) is 42.2 Å². The van der Waals surface area contributed by atoms with Crippen molar-refractivity contribution in [3.8, 4) is 11.4 Å². The molecule has 1 fully saturated rings.